The Morgan fingerprint density at radius 1 is 0.947 bits per heavy atom. The molecule has 0 saturated carbocycles. The average Bonchev–Trinajstić information content (AvgIpc) is 3.35. The lowest BCUT2D eigenvalue weighted by molar-refractivity contribution is -0.142. The topological polar surface area (TPSA) is 220 Å². The Balaban J connectivity index is 2.10. The summed E-state index contributed by atoms with van der Waals surface area (Å²) in [5.41, 5.74) is 7.10. The number of carboxylic acid groups (broad SMARTS) is 1. The van der Waals surface area contributed by atoms with E-state index < -0.39 is 54.0 Å². The van der Waals surface area contributed by atoms with E-state index in [1.54, 1.807) is 0 Å². The molecule has 0 saturated heterocycles. The number of aromatic amines is 1. The molecule has 1 aromatic heterocycles. The Bertz CT molecular complexity index is 1070. The smallest absolute Gasteiger partial charge is 0.326 e. The van der Waals surface area contributed by atoms with Crippen molar-refractivity contribution in [2.24, 2.45) is 11.7 Å². The zero-order valence-electron chi connectivity index (χ0n) is 21.5. The summed E-state index contributed by atoms with van der Waals surface area (Å²) in [6, 6.07) is 1.01. The molecule has 0 fully saturated rings. The maximum Gasteiger partial charge on any atom is 0.326 e. The van der Waals surface area contributed by atoms with Crippen molar-refractivity contribution in [1.82, 2.24) is 25.9 Å². The van der Waals surface area contributed by atoms with Gasteiger partial charge in [0.25, 0.3) is 0 Å². The van der Waals surface area contributed by atoms with Crippen molar-refractivity contribution in [1.29, 1.82) is 0 Å². The van der Waals surface area contributed by atoms with Crippen LogP contribution in [0.1, 0.15) is 38.4 Å². The molecule has 13 heteroatoms. The Labute approximate surface area is 220 Å². The van der Waals surface area contributed by atoms with Gasteiger partial charge in [-0.2, -0.15) is 0 Å². The van der Waals surface area contributed by atoms with Crippen LogP contribution in [0.3, 0.4) is 0 Å². The molecule has 2 aromatic rings. The number of aromatic nitrogens is 2. The number of phenols is 1. The Hall–Kier alpha value is -3.97. The zero-order valence-corrected chi connectivity index (χ0v) is 21.5. The zero-order chi connectivity index (χ0) is 28.4. The van der Waals surface area contributed by atoms with Gasteiger partial charge in [-0.05, 0) is 37.0 Å². The van der Waals surface area contributed by atoms with Crippen LogP contribution in [0.4, 0.5) is 0 Å². The number of imidazole rings is 1. The van der Waals surface area contributed by atoms with Crippen molar-refractivity contribution < 1.29 is 34.5 Å². The van der Waals surface area contributed by atoms with Crippen molar-refractivity contribution in [3.05, 3.63) is 48.0 Å². The fraction of sp³-hybridized carbons (Fsp3) is 0.480. The number of nitrogens with two attached hydrogens (primary N) is 1. The van der Waals surface area contributed by atoms with Gasteiger partial charge in [-0.15, -0.1) is 0 Å². The minimum absolute atomic E-state index is 0.0198. The molecule has 208 valence electrons. The van der Waals surface area contributed by atoms with Crippen LogP contribution in [0.15, 0.2) is 36.8 Å². The van der Waals surface area contributed by atoms with E-state index in [0.29, 0.717) is 11.3 Å². The summed E-state index contributed by atoms with van der Waals surface area (Å²) in [6.07, 6.45) is 1.87. The number of phenolic OH excluding ortho intramolecular Hbond substituents is 1. The summed E-state index contributed by atoms with van der Waals surface area (Å²) in [7, 11) is 0. The number of amides is 3. The predicted octanol–water partition coefficient (Wildman–Crippen LogP) is -0.806. The number of aliphatic hydroxyl groups excluding tert-OH is 1. The molecule has 5 unspecified atom stereocenters. The molecule has 38 heavy (non-hydrogen) atoms. The van der Waals surface area contributed by atoms with Crippen molar-refractivity contribution in [3.63, 3.8) is 0 Å². The summed E-state index contributed by atoms with van der Waals surface area (Å²) in [4.78, 5) is 57.2. The highest BCUT2D eigenvalue weighted by Crippen LogP contribution is 2.12. The Morgan fingerprint density at radius 2 is 1.58 bits per heavy atom. The second-order valence-electron chi connectivity index (χ2n) is 9.58. The molecule has 0 bridgehead atoms. The van der Waals surface area contributed by atoms with E-state index in [1.165, 1.54) is 43.7 Å². The molecule has 9 N–H and O–H groups in total. The third-order valence-electron chi connectivity index (χ3n) is 5.72. The van der Waals surface area contributed by atoms with Gasteiger partial charge in [0.05, 0.1) is 18.5 Å². The molecule has 1 heterocycles. The summed E-state index contributed by atoms with van der Waals surface area (Å²) in [5.74, 6) is -3.56. The van der Waals surface area contributed by atoms with Gasteiger partial charge in [0, 0.05) is 24.7 Å². The van der Waals surface area contributed by atoms with Crippen molar-refractivity contribution in [2.45, 2.75) is 70.3 Å². The fourth-order valence-electron chi connectivity index (χ4n) is 3.70. The van der Waals surface area contributed by atoms with Gasteiger partial charge in [-0.3, -0.25) is 14.4 Å². The molecule has 1 aromatic carbocycles. The van der Waals surface area contributed by atoms with Crippen LogP contribution in [0.5, 0.6) is 5.75 Å². The number of nitrogens with zero attached hydrogens (tertiary/aromatic N) is 1. The summed E-state index contributed by atoms with van der Waals surface area (Å²) >= 11 is 0. The van der Waals surface area contributed by atoms with Crippen molar-refractivity contribution >= 4 is 23.7 Å². The number of aliphatic hydroxyl groups is 1. The molecule has 0 aliphatic heterocycles. The van der Waals surface area contributed by atoms with Crippen LogP contribution in [0, 0.1) is 5.92 Å². The van der Waals surface area contributed by atoms with Crippen LogP contribution in [0.25, 0.3) is 0 Å². The molecule has 5 atom stereocenters. The normalized spacial score (nSPS) is 15.1. The number of H-pyrrole nitrogens is 1. The summed E-state index contributed by atoms with van der Waals surface area (Å²) in [6.45, 7) is 4.94. The van der Waals surface area contributed by atoms with Gasteiger partial charge in [-0.1, -0.05) is 26.0 Å². The summed E-state index contributed by atoms with van der Waals surface area (Å²) < 4.78 is 0. The highest BCUT2D eigenvalue weighted by molar-refractivity contribution is 5.94. The number of benzene rings is 1. The molecule has 0 spiro atoms. The van der Waals surface area contributed by atoms with E-state index in [4.69, 9.17) is 5.73 Å². The number of carbonyl (C=O) groups excluding carboxylic acids is 3. The van der Waals surface area contributed by atoms with Crippen LogP contribution >= 0.6 is 0 Å². The van der Waals surface area contributed by atoms with Gasteiger partial charge in [0.2, 0.25) is 17.7 Å². The first kappa shape index (κ1) is 30.3. The van der Waals surface area contributed by atoms with Crippen LogP contribution in [0.2, 0.25) is 0 Å². The Morgan fingerprint density at radius 3 is 2.11 bits per heavy atom. The van der Waals surface area contributed by atoms with E-state index >= 15 is 0 Å². The summed E-state index contributed by atoms with van der Waals surface area (Å²) in [5, 5.41) is 36.6. The Kier molecular flexibility index (Phi) is 11.2. The second kappa shape index (κ2) is 14.1. The predicted molar refractivity (Wildman–Crippen MR) is 137 cm³/mol. The standard InChI is InChI=1S/C25H36N6O7/c1-13(2)8-19(23(35)30-20(25(37)38)9-15-4-6-17(33)7-5-15)29-24(36)21(14(3)32)31-22(34)18(26)10-16-11-27-12-28-16/h4-7,11-14,18-21,32-33H,8-10,26H2,1-3H3,(H,27,28)(H,29,36)(H,30,35)(H,31,34)(H,37,38). The van der Waals surface area contributed by atoms with Gasteiger partial charge >= 0.3 is 5.97 Å². The number of hydrogen-bond donors (Lipinski definition) is 8. The maximum atomic E-state index is 13.1. The molecular weight excluding hydrogens is 496 g/mol. The molecular formula is C25H36N6O7. The van der Waals surface area contributed by atoms with E-state index in [9.17, 15) is 34.5 Å². The van der Waals surface area contributed by atoms with Crippen molar-refractivity contribution in [3.8, 4) is 5.75 Å². The third kappa shape index (κ3) is 9.48. The van der Waals surface area contributed by atoms with E-state index in [0.717, 1.165) is 0 Å². The lowest BCUT2D eigenvalue weighted by Crippen LogP contribution is -2.60. The highest BCUT2D eigenvalue weighted by atomic mass is 16.4. The van der Waals surface area contributed by atoms with E-state index in [1.807, 2.05) is 13.8 Å². The number of aromatic hydroxyl groups is 1. The number of rotatable bonds is 14. The highest BCUT2D eigenvalue weighted by Gasteiger charge is 2.33. The number of hydrogen-bond acceptors (Lipinski definition) is 8. The van der Waals surface area contributed by atoms with Crippen LogP contribution in [-0.4, -0.2) is 79.2 Å². The van der Waals surface area contributed by atoms with Gasteiger partial charge in [-0.25, -0.2) is 9.78 Å². The largest absolute Gasteiger partial charge is 0.508 e. The van der Waals surface area contributed by atoms with E-state index in [2.05, 4.69) is 25.9 Å². The lowest BCUT2D eigenvalue weighted by atomic mass is 10.0. The fourth-order valence-corrected chi connectivity index (χ4v) is 3.70. The SMILES string of the molecule is CC(C)CC(NC(=O)C(NC(=O)C(N)Cc1cnc[nH]1)C(C)O)C(=O)NC(Cc1ccc(O)cc1)C(=O)O. The lowest BCUT2D eigenvalue weighted by Gasteiger charge is -2.27. The number of aliphatic carboxylic acids is 1. The molecule has 0 aliphatic carbocycles. The molecule has 0 aliphatic rings. The number of carbonyl (C=O) groups is 4. The minimum atomic E-state index is -1.41. The van der Waals surface area contributed by atoms with Gasteiger partial charge in [0.1, 0.15) is 23.9 Å². The van der Waals surface area contributed by atoms with E-state index in [-0.39, 0.29) is 30.9 Å². The maximum absolute atomic E-state index is 13.1. The number of nitrogens with one attached hydrogen (secondary N) is 4. The van der Waals surface area contributed by atoms with Gasteiger partial charge in [0.15, 0.2) is 0 Å². The van der Waals surface area contributed by atoms with Gasteiger partial charge < -0.3 is 42.0 Å². The molecule has 0 radical (unpaired) electrons. The molecule has 3 amide bonds. The second-order valence-corrected chi connectivity index (χ2v) is 9.58. The first-order valence-corrected chi connectivity index (χ1v) is 12.2. The molecule has 2 rings (SSSR count). The number of carboxylic acids is 1. The first-order chi connectivity index (χ1) is 17.9. The first-order valence-electron chi connectivity index (χ1n) is 12.2. The third-order valence-corrected chi connectivity index (χ3v) is 5.72. The van der Waals surface area contributed by atoms with Crippen LogP contribution in [-0.2, 0) is 32.0 Å². The van der Waals surface area contributed by atoms with Crippen LogP contribution < -0.4 is 21.7 Å². The average molecular weight is 533 g/mol. The quantitative estimate of drug-likeness (QED) is 0.152. The molecule has 13 nitrogen and oxygen atoms in total. The van der Waals surface area contributed by atoms with Crippen molar-refractivity contribution in [2.75, 3.05) is 0 Å². The monoisotopic (exact) mass is 532 g/mol. The minimum Gasteiger partial charge on any atom is -0.508 e.